The van der Waals surface area contributed by atoms with Crippen molar-refractivity contribution in [3.63, 3.8) is 0 Å². The Labute approximate surface area is 125 Å². The molecule has 0 amide bonds. The van der Waals surface area contributed by atoms with E-state index in [1.165, 1.54) is 10.4 Å². The second-order valence-corrected chi connectivity index (χ2v) is 6.42. The number of nitrogens with zero attached hydrogens (tertiary/aromatic N) is 2. The first-order valence-corrected chi connectivity index (χ1v) is 8.26. The van der Waals surface area contributed by atoms with Gasteiger partial charge in [-0.2, -0.15) is 4.31 Å². The molecule has 0 aliphatic rings. The Hall–Kier alpha value is -1.67. The van der Waals surface area contributed by atoms with E-state index in [2.05, 4.69) is 5.32 Å². The summed E-state index contributed by atoms with van der Waals surface area (Å²) in [7, 11) is -3.72. The highest BCUT2D eigenvalue weighted by Gasteiger charge is 2.27. The number of nitro groups is 1. The van der Waals surface area contributed by atoms with E-state index in [1.54, 1.807) is 20.8 Å². The van der Waals surface area contributed by atoms with Crippen molar-refractivity contribution in [3.8, 4) is 0 Å². The van der Waals surface area contributed by atoms with Crippen LogP contribution in [0.4, 0.5) is 11.4 Å². The Balaban J connectivity index is 3.51. The molecule has 1 N–H and O–H groups in total. The van der Waals surface area contributed by atoms with E-state index in [9.17, 15) is 18.5 Å². The van der Waals surface area contributed by atoms with Gasteiger partial charge in [-0.25, -0.2) is 8.42 Å². The Morgan fingerprint density at radius 1 is 1.24 bits per heavy atom. The van der Waals surface area contributed by atoms with Crippen molar-refractivity contribution in [2.45, 2.75) is 32.6 Å². The smallest absolute Gasteiger partial charge is 0.293 e. The summed E-state index contributed by atoms with van der Waals surface area (Å²) in [6.07, 6.45) is 0. The minimum Gasteiger partial charge on any atom is -0.380 e. The number of sulfonamides is 1. The molecular weight excluding hydrogens is 294 g/mol. The zero-order valence-corrected chi connectivity index (χ0v) is 13.5. The summed E-state index contributed by atoms with van der Waals surface area (Å²) in [4.78, 5) is 10.6. The number of benzene rings is 1. The second-order valence-electron chi connectivity index (χ2n) is 4.51. The highest BCUT2D eigenvalue weighted by molar-refractivity contribution is 7.89. The molecule has 0 saturated carbocycles. The van der Waals surface area contributed by atoms with Gasteiger partial charge in [0.2, 0.25) is 10.0 Å². The van der Waals surface area contributed by atoms with Gasteiger partial charge in [-0.3, -0.25) is 10.1 Å². The maximum atomic E-state index is 12.5. The molecule has 0 heterocycles. The van der Waals surface area contributed by atoms with E-state index >= 15 is 0 Å². The van der Waals surface area contributed by atoms with E-state index in [1.807, 2.05) is 6.92 Å². The molecule has 0 radical (unpaired) electrons. The molecule has 118 valence electrons. The molecule has 1 rings (SSSR count). The summed E-state index contributed by atoms with van der Waals surface area (Å²) in [6, 6.07) is 2.65. The number of rotatable bonds is 7. The zero-order chi connectivity index (χ0) is 16.2. The highest BCUT2D eigenvalue weighted by atomic mass is 32.2. The van der Waals surface area contributed by atoms with E-state index in [4.69, 9.17) is 0 Å². The molecule has 0 bridgehead atoms. The summed E-state index contributed by atoms with van der Waals surface area (Å²) in [5.74, 6) is 0. The lowest BCUT2D eigenvalue weighted by molar-refractivity contribution is -0.384. The lowest BCUT2D eigenvalue weighted by atomic mass is 10.2. The predicted octanol–water partition coefficient (Wildman–Crippen LogP) is 2.37. The number of aryl methyl sites for hydroxylation is 1. The van der Waals surface area contributed by atoms with E-state index < -0.39 is 14.9 Å². The van der Waals surface area contributed by atoms with Crippen LogP contribution in [0, 0.1) is 17.0 Å². The second kappa shape index (κ2) is 6.86. The summed E-state index contributed by atoms with van der Waals surface area (Å²) < 4.78 is 26.4. The fraction of sp³-hybridized carbons (Fsp3) is 0.538. The quantitative estimate of drug-likeness (QED) is 0.616. The molecule has 0 fully saturated rings. The maximum absolute atomic E-state index is 12.5. The molecular formula is C13H21N3O4S. The predicted molar refractivity (Wildman–Crippen MR) is 82.1 cm³/mol. The van der Waals surface area contributed by atoms with Crippen molar-refractivity contribution in [1.29, 1.82) is 0 Å². The van der Waals surface area contributed by atoms with Gasteiger partial charge < -0.3 is 5.32 Å². The molecule has 0 unspecified atom stereocenters. The van der Waals surface area contributed by atoms with Crippen LogP contribution in [0.25, 0.3) is 0 Å². The van der Waals surface area contributed by atoms with Gasteiger partial charge in [-0.1, -0.05) is 13.8 Å². The molecule has 1 aromatic rings. The number of hydrogen-bond acceptors (Lipinski definition) is 5. The van der Waals surface area contributed by atoms with Crippen LogP contribution in [-0.4, -0.2) is 37.3 Å². The van der Waals surface area contributed by atoms with Crippen LogP contribution < -0.4 is 5.32 Å². The molecule has 0 aromatic heterocycles. The van der Waals surface area contributed by atoms with Crippen molar-refractivity contribution < 1.29 is 13.3 Å². The van der Waals surface area contributed by atoms with Crippen LogP contribution in [0.15, 0.2) is 17.0 Å². The zero-order valence-electron chi connectivity index (χ0n) is 12.7. The maximum Gasteiger partial charge on any atom is 0.293 e. The fourth-order valence-electron chi connectivity index (χ4n) is 2.14. The van der Waals surface area contributed by atoms with Gasteiger partial charge in [-0.15, -0.1) is 0 Å². The molecule has 0 aliphatic carbocycles. The Morgan fingerprint density at radius 2 is 1.81 bits per heavy atom. The molecule has 0 spiro atoms. The van der Waals surface area contributed by atoms with E-state index in [0.29, 0.717) is 30.9 Å². The van der Waals surface area contributed by atoms with Crippen molar-refractivity contribution in [2.75, 3.05) is 25.0 Å². The average Bonchev–Trinajstić information content (AvgIpc) is 2.39. The van der Waals surface area contributed by atoms with Crippen LogP contribution >= 0.6 is 0 Å². The van der Waals surface area contributed by atoms with Gasteiger partial charge in [0.05, 0.1) is 9.82 Å². The van der Waals surface area contributed by atoms with Crippen LogP contribution in [0.5, 0.6) is 0 Å². The van der Waals surface area contributed by atoms with Gasteiger partial charge in [0.15, 0.2) is 0 Å². The third kappa shape index (κ3) is 3.51. The number of hydrogen-bond donors (Lipinski definition) is 1. The van der Waals surface area contributed by atoms with Crippen LogP contribution in [0.2, 0.25) is 0 Å². The van der Waals surface area contributed by atoms with Crippen molar-refractivity contribution >= 4 is 21.4 Å². The highest BCUT2D eigenvalue weighted by Crippen LogP contribution is 2.31. The number of anilines is 1. The van der Waals surface area contributed by atoms with Gasteiger partial charge in [0.1, 0.15) is 5.69 Å². The molecule has 1 aromatic carbocycles. The fourth-order valence-corrected chi connectivity index (χ4v) is 3.83. The number of nitro benzene ring substituents is 1. The summed E-state index contributed by atoms with van der Waals surface area (Å²) >= 11 is 0. The van der Waals surface area contributed by atoms with Gasteiger partial charge in [-0.05, 0) is 25.5 Å². The van der Waals surface area contributed by atoms with E-state index in [0.717, 1.165) is 6.07 Å². The summed E-state index contributed by atoms with van der Waals surface area (Å²) in [5.41, 5.74) is 0.593. The molecule has 0 aliphatic heterocycles. The standard InChI is InChI=1S/C13H21N3O4S/c1-5-14-11-8-10(4)13(9-12(11)16(17)18)21(19,20)15(6-2)7-3/h8-9,14H,5-7H2,1-4H3. The van der Waals surface area contributed by atoms with Crippen molar-refractivity contribution in [2.24, 2.45) is 0 Å². The molecule has 21 heavy (non-hydrogen) atoms. The normalized spacial score (nSPS) is 11.7. The topological polar surface area (TPSA) is 92.6 Å². The monoisotopic (exact) mass is 315 g/mol. The van der Waals surface area contributed by atoms with Crippen LogP contribution in [0.3, 0.4) is 0 Å². The Bertz CT molecular complexity index is 625. The minimum absolute atomic E-state index is 0.0143. The van der Waals surface area contributed by atoms with Crippen molar-refractivity contribution in [1.82, 2.24) is 4.31 Å². The molecule has 8 heteroatoms. The molecule has 7 nitrogen and oxygen atoms in total. The largest absolute Gasteiger partial charge is 0.380 e. The summed E-state index contributed by atoms with van der Waals surface area (Å²) in [5, 5.41) is 14.0. The third-order valence-corrected chi connectivity index (χ3v) is 5.37. The first kappa shape index (κ1) is 17.4. The lowest BCUT2D eigenvalue weighted by Crippen LogP contribution is -2.31. The SMILES string of the molecule is CCNc1cc(C)c(S(=O)(=O)N(CC)CC)cc1[N+](=O)[O-]. The van der Waals surface area contributed by atoms with Crippen molar-refractivity contribution in [3.05, 3.63) is 27.8 Å². The molecule has 0 saturated heterocycles. The first-order chi connectivity index (χ1) is 9.79. The van der Waals surface area contributed by atoms with E-state index in [-0.39, 0.29) is 10.6 Å². The van der Waals surface area contributed by atoms with Crippen LogP contribution in [-0.2, 0) is 10.0 Å². The lowest BCUT2D eigenvalue weighted by Gasteiger charge is -2.20. The minimum atomic E-state index is -3.72. The van der Waals surface area contributed by atoms with Gasteiger partial charge in [0, 0.05) is 25.7 Å². The third-order valence-electron chi connectivity index (χ3n) is 3.18. The summed E-state index contributed by atoms with van der Waals surface area (Å²) in [6.45, 7) is 8.08. The van der Waals surface area contributed by atoms with Gasteiger partial charge in [0.25, 0.3) is 5.69 Å². The van der Waals surface area contributed by atoms with Gasteiger partial charge >= 0.3 is 0 Å². The Kier molecular flexibility index (Phi) is 5.68. The Morgan fingerprint density at radius 3 is 2.24 bits per heavy atom. The molecule has 0 atom stereocenters. The first-order valence-electron chi connectivity index (χ1n) is 6.82. The number of nitrogens with one attached hydrogen (secondary N) is 1. The van der Waals surface area contributed by atoms with Crippen LogP contribution in [0.1, 0.15) is 26.3 Å². The average molecular weight is 315 g/mol.